The highest BCUT2D eigenvalue weighted by molar-refractivity contribution is 4.78. The molecule has 0 amide bonds. The van der Waals surface area contributed by atoms with E-state index in [2.05, 4.69) is 19.2 Å². The second-order valence-corrected chi connectivity index (χ2v) is 4.08. The van der Waals surface area contributed by atoms with E-state index in [4.69, 9.17) is 9.47 Å². The lowest BCUT2D eigenvalue weighted by Gasteiger charge is -2.32. The highest BCUT2D eigenvalue weighted by atomic mass is 16.5. The van der Waals surface area contributed by atoms with Crippen LogP contribution in [-0.4, -0.2) is 38.0 Å². The average Bonchev–Trinajstić information content (AvgIpc) is 2.11. The van der Waals surface area contributed by atoms with Crippen molar-refractivity contribution in [2.24, 2.45) is 0 Å². The zero-order valence-electron chi connectivity index (χ0n) is 9.58. The molecule has 0 spiro atoms. The van der Waals surface area contributed by atoms with Gasteiger partial charge in [0.1, 0.15) is 0 Å². The molecule has 84 valence electrons. The van der Waals surface area contributed by atoms with Gasteiger partial charge in [-0.1, -0.05) is 0 Å². The maximum Gasteiger partial charge on any atom is 0.0590 e. The molecule has 1 rings (SSSR count). The smallest absolute Gasteiger partial charge is 0.0590 e. The Labute approximate surface area is 87.2 Å². The summed E-state index contributed by atoms with van der Waals surface area (Å²) in [5.74, 6) is 0. The molecular weight excluding hydrogens is 178 g/mol. The summed E-state index contributed by atoms with van der Waals surface area (Å²) in [6.07, 6.45) is 3.03. The van der Waals surface area contributed by atoms with E-state index in [1.807, 2.05) is 6.92 Å². The third kappa shape index (κ3) is 4.40. The van der Waals surface area contributed by atoms with Gasteiger partial charge in [-0.3, -0.25) is 0 Å². The van der Waals surface area contributed by atoms with Crippen LogP contribution in [0.3, 0.4) is 0 Å². The van der Waals surface area contributed by atoms with Crippen molar-refractivity contribution in [1.82, 2.24) is 5.32 Å². The molecule has 1 aliphatic rings. The predicted molar refractivity (Wildman–Crippen MR) is 57.5 cm³/mol. The Kier molecular flexibility index (Phi) is 5.45. The van der Waals surface area contributed by atoms with Crippen LogP contribution < -0.4 is 5.32 Å². The fraction of sp³-hybridized carbons (Fsp3) is 1.00. The fourth-order valence-corrected chi connectivity index (χ4v) is 2.05. The largest absolute Gasteiger partial charge is 0.380 e. The normalized spacial score (nSPS) is 33.2. The van der Waals surface area contributed by atoms with E-state index in [0.717, 1.165) is 32.6 Å². The monoisotopic (exact) mass is 201 g/mol. The maximum absolute atomic E-state index is 5.67. The van der Waals surface area contributed by atoms with Crippen molar-refractivity contribution in [3.05, 3.63) is 0 Å². The van der Waals surface area contributed by atoms with Gasteiger partial charge in [0.2, 0.25) is 0 Å². The minimum atomic E-state index is 0.392. The Balaban J connectivity index is 2.10. The first-order valence-electron chi connectivity index (χ1n) is 5.69. The third-order valence-corrected chi connectivity index (χ3v) is 2.58. The van der Waals surface area contributed by atoms with Crippen molar-refractivity contribution >= 4 is 0 Å². The van der Waals surface area contributed by atoms with Crippen molar-refractivity contribution in [3.63, 3.8) is 0 Å². The Hall–Kier alpha value is -0.120. The Morgan fingerprint density at radius 3 is 2.50 bits per heavy atom. The lowest BCUT2D eigenvalue weighted by atomic mass is 10.00. The van der Waals surface area contributed by atoms with E-state index in [1.165, 1.54) is 0 Å². The van der Waals surface area contributed by atoms with Crippen molar-refractivity contribution in [1.29, 1.82) is 0 Å². The topological polar surface area (TPSA) is 30.5 Å². The molecule has 1 aliphatic heterocycles. The molecule has 0 saturated carbocycles. The highest BCUT2D eigenvalue weighted by Crippen LogP contribution is 2.18. The van der Waals surface area contributed by atoms with Gasteiger partial charge in [0.05, 0.1) is 18.8 Å². The summed E-state index contributed by atoms with van der Waals surface area (Å²) >= 11 is 0. The van der Waals surface area contributed by atoms with Gasteiger partial charge in [-0.05, 0) is 33.6 Å². The van der Waals surface area contributed by atoms with Crippen molar-refractivity contribution in [2.45, 2.75) is 51.9 Å². The van der Waals surface area contributed by atoms with Crippen LogP contribution >= 0.6 is 0 Å². The summed E-state index contributed by atoms with van der Waals surface area (Å²) in [6.45, 7) is 8.90. The number of nitrogens with one attached hydrogen (secondary N) is 1. The molecular formula is C11H23NO2. The van der Waals surface area contributed by atoms with E-state index in [9.17, 15) is 0 Å². The van der Waals surface area contributed by atoms with Gasteiger partial charge in [0.15, 0.2) is 0 Å². The number of ether oxygens (including phenoxy) is 2. The summed E-state index contributed by atoms with van der Waals surface area (Å²) < 4.78 is 11.0. The lowest BCUT2D eigenvalue weighted by Crippen LogP contribution is -2.42. The van der Waals surface area contributed by atoms with E-state index >= 15 is 0 Å². The molecule has 2 unspecified atom stereocenters. The second-order valence-electron chi connectivity index (χ2n) is 4.08. The van der Waals surface area contributed by atoms with Crippen LogP contribution in [0.4, 0.5) is 0 Å². The van der Waals surface area contributed by atoms with E-state index < -0.39 is 0 Å². The van der Waals surface area contributed by atoms with Crippen LogP contribution in [0.5, 0.6) is 0 Å². The minimum absolute atomic E-state index is 0.392. The summed E-state index contributed by atoms with van der Waals surface area (Å²) in [6, 6.07) is 0.606. The van der Waals surface area contributed by atoms with Crippen molar-refractivity contribution in [2.75, 3.05) is 19.8 Å². The zero-order valence-corrected chi connectivity index (χ0v) is 9.58. The van der Waals surface area contributed by atoms with Gasteiger partial charge in [0.25, 0.3) is 0 Å². The van der Waals surface area contributed by atoms with E-state index in [-0.39, 0.29) is 0 Å². The maximum atomic E-state index is 5.67. The first-order chi connectivity index (χ1) is 6.72. The molecule has 0 radical (unpaired) electrons. The van der Waals surface area contributed by atoms with Crippen LogP contribution in [0.25, 0.3) is 0 Å². The molecule has 3 nitrogen and oxygen atoms in total. The first-order valence-corrected chi connectivity index (χ1v) is 5.69. The summed E-state index contributed by atoms with van der Waals surface area (Å²) in [5.41, 5.74) is 0. The molecule has 0 aromatic heterocycles. The van der Waals surface area contributed by atoms with Crippen molar-refractivity contribution in [3.8, 4) is 0 Å². The highest BCUT2D eigenvalue weighted by Gasteiger charge is 2.23. The summed E-state index contributed by atoms with van der Waals surface area (Å²) in [4.78, 5) is 0. The van der Waals surface area contributed by atoms with E-state index in [1.54, 1.807) is 0 Å². The lowest BCUT2D eigenvalue weighted by molar-refractivity contribution is -0.0427. The zero-order chi connectivity index (χ0) is 10.4. The van der Waals surface area contributed by atoms with Crippen LogP contribution in [0.1, 0.15) is 33.6 Å². The number of hydrogen-bond acceptors (Lipinski definition) is 3. The molecule has 1 heterocycles. The van der Waals surface area contributed by atoms with Gasteiger partial charge in [-0.25, -0.2) is 0 Å². The standard InChI is InChI=1S/C11H23NO2/c1-4-13-6-5-12-11-7-9(2)14-10(3)8-11/h9-12H,4-8H2,1-3H3. The molecule has 1 fully saturated rings. The molecule has 0 bridgehead atoms. The molecule has 3 heteroatoms. The number of hydrogen-bond donors (Lipinski definition) is 1. The molecule has 1 saturated heterocycles. The van der Waals surface area contributed by atoms with Crippen LogP contribution in [0.2, 0.25) is 0 Å². The van der Waals surface area contributed by atoms with Crippen LogP contribution in [-0.2, 0) is 9.47 Å². The predicted octanol–water partition coefficient (Wildman–Crippen LogP) is 1.57. The van der Waals surface area contributed by atoms with Gasteiger partial charge < -0.3 is 14.8 Å². The Morgan fingerprint density at radius 1 is 1.29 bits per heavy atom. The van der Waals surface area contributed by atoms with Crippen LogP contribution in [0, 0.1) is 0 Å². The fourth-order valence-electron chi connectivity index (χ4n) is 2.05. The van der Waals surface area contributed by atoms with Gasteiger partial charge in [-0.15, -0.1) is 0 Å². The van der Waals surface area contributed by atoms with Gasteiger partial charge in [-0.2, -0.15) is 0 Å². The molecule has 0 aromatic carbocycles. The second kappa shape index (κ2) is 6.38. The summed E-state index contributed by atoms with van der Waals surface area (Å²) in [7, 11) is 0. The first kappa shape index (κ1) is 12.0. The Morgan fingerprint density at radius 2 is 1.93 bits per heavy atom. The van der Waals surface area contributed by atoms with Gasteiger partial charge >= 0.3 is 0 Å². The SMILES string of the molecule is CCOCCNC1CC(C)OC(C)C1. The minimum Gasteiger partial charge on any atom is -0.380 e. The Bertz CT molecular complexity index is 142. The average molecular weight is 201 g/mol. The molecule has 1 N–H and O–H groups in total. The van der Waals surface area contributed by atoms with Crippen LogP contribution in [0.15, 0.2) is 0 Å². The van der Waals surface area contributed by atoms with Crippen molar-refractivity contribution < 1.29 is 9.47 Å². The molecule has 0 aliphatic carbocycles. The molecule has 14 heavy (non-hydrogen) atoms. The number of rotatable bonds is 5. The summed E-state index contributed by atoms with van der Waals surface area (Å²) in [5, 5.41) is 3.51. The van der Waals surface area contributed by atoms with E-state index in [0.29, 0.717) is 18.2 Å². The third-order valence-electron chi connectivity index (χ3n) is 2.58. The quantitative estimate of drug-likeness (QED) is 0.685. The van der Waals surface area contributed by atoms with Gasteiger partial charge in [0, 0.05) is 19.2 Å². The molecule has 0 aromatic rings. The molecule has 2 atom stereocenters.